The largest absolute Gasteiger partial charge is 0.496 e. The number of para-hydroxylation sites is 1. The molecular weight excluding hydrogens is 362 g/mol. The Balaban J connectivity index is 1.42. The van der Waals surface area contributed by atoms with Gasteiger partial charge in [0.1, 0.15) is 17.6 Å². The third-order valence-corrected chi connectivity index (χ3v) is 6.18. The van der Waals surface area contributed by atoms with Crippen LogP contribution in [-0.4, -0.2) is 24.7 Å². The maximum Gasteiger partial charge on any atom is 0.230 e. The highest BCUT2D eigenvalue weighted by Crippen LogP contribution is 2.51. The van der Waals surface area contributed by atoms with E-state index in [0.29, 0.717) is 0 Å². The minimum absolute atomic E-state index is 0.0612. The van der Waals surface area contributed by atoms with Gasteiger partial charge in [0.25, 0.3) is 0 Å². The first kappa shape index (κ1) is 17.8. The Morgan fingerprint density at radius 2 is 2.07 bits per heavy atom. The minimum atomic E-state index is -0.754. The molecule has 1 unspecified atom stereocenters. The number of hydrogen-bond donors (Lipinski definition) is 2. The van der Waals surface area contributed by atoms with Gasteiger partial charge in [-0.1, -0.05) is 18.2 Å². The summed E-state index contributed by atoms with van der Waals surface area (Å²) in [7, 11) is 1.62. The van der Waals surface area contributed by atoms with Gasteiger partial charge in [-0.15, -0.1) is 11.3 Å². The topological polar surface area (TPSA) is 71.7 Å². The van der Waals surface area contributed by atoms with Crippen LogP contribution in [0.1, 0.15) is 29.4 Å². The van der Waals surface area contributed by atoms with E-state index in [0.717, 1.165) is 39.7 Å². The quantitative estimate of drug-likeness (QED) is 0.649. The van der Waals surface area contributed by atoms with Crippen LogP contribution in [0.4, 0.5) is 0 Å². The predicted molar refractivity (Wildman–Crippen MR) is 104 cm³/mol. The summed E-state index contributed by atoms with van der Waals surface area (Å²) >= 11 is 1.46. The SMILES string of the molecule is COc1ccccc1C1(C(=O)NCC(O)c2ccc(-c3ccco3)s2)CC1. The number of ether oxygens (including phenoxy) is 1. The van der Waals surface area contributed by atoms with Crippen molar-refractivity contribution >= 4 is 17.2 Å². The zero-order valence-corrected chi connectivity index (χ0v) is 15.8. The van der Waals surface area contributed by atoms with Crippen molar-refractivity contribution in [1.82, 2.24) is 5.32 Å². The monoisotopic (exact) mass is 383 g/mol. The van der Waals surface area contributed by atoms with Gasteiger partial charge in [0.05, 0.1) is 23.7 Å². The molecule has 4 rings (SSSR count). The molecule has 0 aliphatic heterocycles. The predicted octanol–water partition coefficient (Wildman–Crippen LogP) is 3.90. The summed E-state index contributed by atoms with van der Waals surface area (Å²) < 4.78 is 10.8. The smallest absolute Gasteiger partial charge is 0.230 e. The number of nitrogens with one attached hydrogen (secondary N) is 1. The molecule has 27 heavy (non-hydrogen) atoms. The maximum absolute atomic E-state index is 12.8. The molecule has 3 aromatic rings. The molecule has 0 bridgehead atoms. The lowest BCUT2D eigenvalue weighted by Crippen LogP contribution is -2.37. The van der Waals surface area contributed by atoms with Gasteiger partial charge in [0.15, 0.2) is 0 Å². The average Bonchev–Trinajstić information content (AvgIpc) is 3.10. The van der Waals surface area contributed by atoms with E-state index in [9.17, 15) is 9.90 Å². The van der Waals surface area contributed by atoms with Crippen molar-refractivity contribution < 1.29 is 19.1 Å². The molecule has 140 valence electrons. The van der Waals surface area contributed by atoms with E-state index < -0.39 is 11.5 Å². The molecule has 0 radical (unpaired) electrons. The van der Waals surface area contributed by atoms with Crippen molar-refractivity contribution in [2.24, 2.45) is 0 Å². The summed E-state index contributed by atoms with van der Waals surface area (Å²) in [5.41, 5.74) is 0.372. The summed E-state index contributed by atoms with van der Waals surface area (Å²) in [6.07, 6.45) is 2.45. The molecule has 5 nitrogen and oxygen atoms in total. The Hall–Kier alpha value is -2.57. The molecule has 1 amide bonds. The van der Waals surface area contributed by atoms with E-state index in [1.165, 1.54) is 11.3 Å². The first-order chi connectivity index (χ1) is 13.1. The molecule has 1 aliphatic carbocycles. The Morgan fingerprint density at radius 1 is 1.26 bits per heavy atom. The van der Waals surface area contributed by atoms with Crippen LogP contribution in [0.2, 0.25) is 0 Å². The fourth-order valence-corrected chi connectivity index (χ4v) is 4.29. The average molecular weight is 383 g/mol. The molecule has 2 aromatic heterocycles. The number of rotatable bonds is 7. The van der Waals surface area contributed by atoms with Gasteiger partial charge in [-0.05, 0) is 43.2 Å². The van der Waals surface area contributed by atoms with Crippen molar-refractivity contribution in [3.63, 3.8) is 0 Å². The number of aliphatic hydroxyl groups is 1. The molecule has 1 atom stereocenters. The van der Waals surface area contributed by atoms with Gasteiger partial charge in [0.2, 0.25) is 5.91 Å². The van der Waals surface area contributed by atoms with E-state index >= 15 is 0 Å². The Kier molecular flexibility index (Phi) is 4.76. The lowest BCUT2D eigenvalue weighted by molar-refractivity contribution is -0.124. The van der Waals surface area contributed by atoms with Crippen LogP contribution >= 0.6 is 11.3 Å². The lowest BCUT2D eigenvalue weighted by atomic mass is 9.94. The normalized spacial score (nSPS) is 15.9. The standard InChI is InChI=1S/C21H21NO4S/c1-25-16-6-3-2-5-14(16)21(10-11-21)20(24)22-13-15(23)18-8-9-19(27-18)17-7-4-12-26-17/h2-9,12,15,23H,10-11,13H2,1H3,(H,22,24). The lowest BCUT2D eigenvalue weighted by Gasteiger charge is -2.19. The number of methoxy groups -OCH3 is 1. The zero-order valence-electron chi connectivity index (χ0n) is 15.0. The van der Waals surface area contributed by atoms with E-state index in [4.69, 9.17) is 9.15 Å². The van der Waals surface area contributed by atoms with Gasteiger partial charge >= 0.3 is 0 Å². The summed E-state index contributed by atoms with van der Waals surface area (Å²) in [5, 5.41) is 13.4. The van der Waals surface area contributed by atoms with Crippen molar-refractivity contribution in [2.75, 3.05) is 13.7 Å². The number of carbonyl (C=O) groups excluding carboxylic acids is 1. The van der Waals surface area contributed by atoms with Crippen LogP contribution in [0.5, 0.6) is 5.75 Å². The fraction of sp³-hybridized carbons (Fsp3) is 0.286. The van der Waals surface area contributed by atoms with Crippen molar-refractivity contribution in [3.05, 3.63) is 65.2 Å². The Labute approximate surface area is 161 Å². The van der Waals surface area contributed by atoms with Gasteiger partial charge in [-0.3, -0.25) is 4.79 Å². The third kappa shape index (κ3) is 3.38. The summed E-state index contributed by atoms with van der Waals surface area (Å²) in [5.74, 6) is 1.44. The second kappa shape index (κ2) is 7.21. The van der Waals surface area contributed by atoms with E-state index in [-0.39, 0.29) is 12.5 Å². The molecule has 2 N–H and O–H groups in total. The Bertz CT molecular complexity index is 927. The number of furan rings is 1. The highest BCUT2D eigenvalue weighted by atomic mass is 32.1. The van der Waals surface area contributed by atoms with E-state index in [2.05, 4.69) is 5.32 Å². The first-order valence-corrected chi connectivity index (χ1v) is 9.69. The first-order valence-electron chi connectivity index (χ1n) is 8.87. The zero-order chi connectivity index (χ0) is 18.9. The molecule has 1 fully saturated rings. The number of thiophene rings is 1. The molecule has 1 aromatic carbocycles. The van der Waals surface area contributed by atoms with Crippen LogP contribution in [0.15, 0.2) is 59.2 Å². The second-order valence-corrected chi connectivity index (χ2v) is 7.80. The third-order valence-electron chi connectivity index (χ3n) is 4.98. The van der Waals surface area contributed by atoms with Crippen LogP contribution in [-0.2, 0) is 10.2 Å². The van der Waals surface area contributed by atoms with Crippen molar-refractivity contribution in [3.8, 4) is 16.4 Å². The highest BCUT2D eigenvalue weighted by molar-refractivity contribution is 7.15. The van der Waals surface area contributed by atoms with E-state index in [1.54, 1.807) is 13.4 Å². The minimum Gasteiger partial charge on any atom is -0.496 e. The van der Waals surface area contributed by atoms with Crippen LogP contribution in [0, 0.1) is 0 Å². The number of aliphatic hydroxyl groups excluding tert-OH is 1. The van der Waals surface area contributed by atoms with E-state index in [1.807, 2.05) is 48.5 Å². The molecule has 6 heteroatoms. The highest BCUT2D eigenvalue weighted by Gasteiger charge is 2.52. The molecule has 2 heterocycles. The van der Waals surface area contributed by atoms with Crippen LogP contribution in [0.3, 0.4) is 0 Å². The van der Waals surface area contributed by atoms with Gasteiger partial charge in [-0.2, -0.15) is 0 Å². The van der Waals surface area contributed by atoms with Crippen LogP contribution < -0.4 is 10.1 Å². The van der Waals surface area contributed by atoms with Gasteiger partial charge in [-0.25, -0.2) is 0 Å². The number of benzene rings is 1. The molecule has 0 spiro atoms. The number of hydrogen-bond acceptors (Lipinski definition) is 5. The Morgan fingerprint density at radius 3 is 2.78 bits per heavy atom. The van der Waals surface area contributed by atoms with Crippen molar-refractivity contribution in [1.29, 1.82) is 0 Å². The number of amides is 1. The molecule has 0 saturated heterocycles. The van der Waals surface area contributed by atoms with Gasteiger partial charge < -0.3 is 19.6 Å². The van der Waals surface area contributed by atoms with Gasteiger partial charge in [0, 0.05) is 17.0 Å². The number of carbonyl (C=O) groups is 1. The summed E-state index contributed by atoms with van der Waals surface area (Å²) in [6.45, 7) is 0.174. The maximum atomic E-state index is 12.8. The van der Waals surface area contributed by atoms with Crippen molar-refractivity contribution in [2.45, 2.75) is 24.4 Å². The fourth-order valence-electron chi connectivity index (χ4n) is 3.33. The van der Waals surface area contributed by atoms with Crippen LogP contribution in [0.25, 0.3) is 10.6 Å². The second-order valence-electron chi connectivity index (χ2n) is 6.69. The molecule has 1 aliphatic rings. The summed E-state index contributed by atoms with van der Waals surface area (Å²) in [4.78, 5) is 14.6. The molecule has 1 saturated carbocycles. The summed E-state index contributed by atoms with van der Waals surface area (Å²) in [6, 6.07) is 15.1. The molecular formula is C21H21NO4S.